The van der Waals surface area contributed by atoms with Crippen LogP contribution in [0.15, 0.2) is 11.6 Å². The van der Waals surface area contributed by atoms with Crippen LogP contribution in [0.5, 0.6) is 0 Å². The number of ether oxygens (including phenoxy) is 2. The molecule has 15 heavy (non-hydrogen) atoms. The third kappa shape index (κ3) is 4.04. The van der Waals surface area contributed by atoms with Crippen molar-refractivity contribution in [1.82, 2.24) is 0 Å². The molecule has 0 N–H and O–H groups in total. The van der Waals surface area contributed by atoms with E-state index in [0.29, 0.717) is 0 Å². The zero-order valence-corrected chi connectivity index (χ0v) is 9.62. The van der Waals surface area contributed by atoms with Crippen LogP contribution < -0.4 is 0 Å². The van der Waals surface area contributed by atoms with Crippen molar-refractivity contribution in [2.45, 2.75) is 52.2 Å². The van der Waals surface area contributed by atoms with Crippen LogP contribution in [-0.2, 0) is 14.3 Å². The molecule has 1 saturated heterocycles. The van der Waals surface area contributed by atoms with Crippen LogP contribution in [-0.4, -0.2) is 18.9 Å². The number of esters is 1. The van der Waals surface area contributed by atoms with Gasteiger partial charge in [0.05, 0.1) is 0 Å². The van der Waals surface area contributed by atoms with Gasteiger partial charge in [0.15, 0.2) is 0 Å². The van der Waals surface area contributed by atoms with Gasteiger partial charge in [-0.15, -0.1) is 0 Å². The fourth-order valence-electron chi connectivity index (χ4n) is 1.61. The Morgan fingerprint density at radius 2 is 2.27 bits per heavy atom. The van der Waals surface area contributed by atoms with Crippen LogP contribution in [0.3, 0.4) is 0 Å². The number of cyclic esters (lactones) is 1. The zero-order chi connectivity index (χ0) is 11.1. The minimum atomic E-state index is -0.408. The topological polar surface area (TPSA) is 35.5 Å². The highest BCUT2D eigenvalue weighted by atomic mass is 16.7. The summed E-state index contributed by atoms with van der Waals surface area (Å²) in [6.07, 6.45) is 7.15. The number of hydrogen-bond donors (Lipinski definition) is 0. The monoisotopic (exact) mass is 212 g/mol. The largest absolute Gasteiger partial charge is 0.430 e. The van der Waals surface area contributed by atoms with E-state index in [1.54, 1.807) is 0 Å². The number of rotatable bonds is 6. The highest BCUT2D eigenvalue weighted by molar-refractivity contribution is 5.72. The van der Waals surface area contributed by atoms with Crippen LogP contribution in [0.4, 0.5) is 0 Å². The van der Waals surface area contributed by atoms with Gasteiger partial charge in [-0.1, -0.05) is 39.2 Å². The summed E-state index contributed by atoms with van der Waals surface area (Å²) >= 11 is 0. The Balaban J connectivity index is 2.48. The summed E-state index contributed by atoms with van der Waals surface area (Å²) in [4.78, 5) is 10.9. The van der Waals surface area contributed by atoms with Crippen LogP contribution in [0, 0.1) is 0 Å². The molecule has 0 aliphatic carbocycles. The molecule has 0 saturated carbocycles. The van der Waals surface area contributed by atoms with Gasteiger partial charge in [0, 0.05) is 0 Å². The minimum absolute atomic E-state index is 0.0967. The molecular weight excluding hydrogens is 192 g/mol. The lowest BCUT2D eigenvalue weighted by molar-refractivity contribution is -0.140. The smallest absolute Gasteiger partial charge is 0.334 e. The summed E-state index contributed by atoms with van der Waals surface area (Å²) in [6.45, 7) is 4.38. The summed E-state index contributed by atoms with van der Waals surface area (Å²) in [5.74, 6) is -0.252. The van der Waals surface area contributed by atoms with Crippen molar-refractivity contribution in [3.05, 3.63) is 11.6 Å². The van der Waals surface area contributed by atoms with Crippen molar-refractivity contribution >= 4 is 5.97 Å². The van der Waals surface area contributed by atoms with E-state index >= 15 is 0 Å². The van der Waals surface area contributed by atoms with Gasteiger partial charge in [-0.3, -0.25) is 0 Å². The van der Waals surface area contributed by atoms with Gasteiger partial charge in [0.2, 0.25) is 6.29 Å². The maximum absolute atomic E-state index is 10.9. The van der Waals surface area contributed by atoms with Gasteiger partial charge in [-0.25, -0.2) is 4.79 Å². The second-order valence-corrected chi connectivity index (χ2v) is 3.80. The molecule has 86 valence electrons. The fraction of sp³-hybridized carbons (Fsp3) is 0.750. The van der Waals surface area contributed by atoms with E-state index in [0.717, 1.165) is 24.8 Å². The van der Waals surface area contributed by atoms with Gasteiger partial charge >= 0.3 is 5.97 Å². The molecule has 0 amide bonds. The lowest BCUT2D eigenvalue weighted by Gasteiger charge is -2.12. The molecule has 3 nitrogen and oxygen atoms in total. The lowest BCUT2D eigenvalue weighted by atomic mass is 10.1. The molecule has 1 unspecified atom stereocenters. The van der Waals surface area contributed by atoms with E-state index in [4.69, 9.17) is 9.47 Å². The van der Waals surface area contributed by atoms with E-state index in [-0.39, 0.29) is 12.6 Å². The lowest BCUT2D eigenvalue weighted by Crippen LogP contribution is -2.12. The molecule has 0 aromatic rings. The highest BCUT2D eigenvalue weighted by Crippen LogP contribution is 2.20. The number of carbonyl (C=O) groups excluding carboxylic acids is 1. The van der Waals surface area contributed by atoms with Crippen molar-refractivity contribution in [2.24, 2.45) is 0 Å². The molecule has 1 heterocycles. The maximum atomic E-state index is 10.9. The molecule has 1 fully saturated rings. The Bertz CT molecular complexity index is 233. The van der Waals surface area contributed by atoms with E-state index < -0.39 is 6.29 Å². The van der Waals surface area contributed by atoms with Crippen molar-refractivity contribution in [2.75, 3.05) is 6.61 Å². The van der Waals surface area contributed by atoms with E-state index in [1.165, 1.54) is 12.8 Å². The number of hydrogen-bond acceptors (Lipinski definition) is 3. The first kappa shape index (κ1) is 12.2. The van der Waals surface area contributed by atoms with Crippen LogP contribution >= 0.6 is 0 Å². The Hall–Kier alpha value is -0.830. The summed E-state index contributed by atoms with van der Waals surface area (Å²) in [6, 6.07) is 0. The SMILES string of the molecule is CCCCC=C(CCC)C1OCC(=O)O1. The molecule has 1 aliphatic heterocycles. The third-order valence-corrected chi connectivity index (χ3v) is 2.40. The summed E-state index contributed by atoms with van der Waals surface area (Å²) < 4.78 is 10.3. The number of unbranched alkanes of at least 4 members (excludes halogenated alkanes) is 2. The summed E-state index contributed by atoms with van der Waals surface area (Å²) in [5, 5.41) is 0. The third-order valence-electron chi connectivity index (χ3n) is 2.40. The Kier molecular flexibility index (Phi) is 5.40. The first-order chi connectivity index (χ1) is 7.27. The summed E-state index contributed by atoms with van der Waals surface area (Å²) in [7, 11) is 0. The highest BCUT2D eigenvalue weighted by Gasteiger charge is 2.26. The average molecular weight is 212 g/mol. The second kappa shape index (κ2) is 6.62. The molecule has 1 rings (SSSR count). The Morgan fingerprint density at radius 1 is 1.47 bits per heavy atom. The molecule has 0 aromatic carbocycles. The number of carbonyl (C=O) groups is 1. The predicted octanol–water partition coefficient (Wildman–Crippen LogP) is 2.80. The van der Waals surface area contributed by atoms with Gasteiger partial charge in [-0.05, 0) is 18.4 Å². The molecule has 0 aromatic heterocycles. The van der Waals surface area contributed by atoms with Crippen LogP contribution in [0.2, 0.25) is 0 Å². The Morgan fingerprint density at radius 3 is 2.80 bits per heavy atom. The number of allylic oxidation sites excluding steroid dienone is 1. The fourth-order valence-corrected chi connectivity index (χ4v) is 1.61. The van der Waals surface area contributed by atoms with Gasteiger partial charge < -0.3 is 9.47 Å². The first-order valence-electron chi connectivity index (χ1n) is 5.78. The molecule has 1 atom stereocenters. The normalized spacial score (nSPS) is 21.9. The first-order valence-corrected chi connectivity index (χ1v) is 5.78. The van der Waals surface area contributed by atoms with E-state index in [1.807, 2.05) is 0 Å². The van der Waals surface area contributed by atoms with Crippen LogP contribution in [0.1, 0.15) is 46.0 Å². The molecule has 1 aliphatic rings. The predicted molar refractivity (Wildman–Crippen MR) is 58.3 cm³/mol. The van der Waals surface area contributed by atoms with Gasteiger partial charge in [0.25, 0.3) is 0 Å². The van der Waals surface area contributed by atoms with E-state index in [9.17, 15) is 4.79 Å². The van der Waals surface area contributed by atoms with Crippen molar-refractivity contribution in [3.63, 3.8) is 0 Å². The molecular formula is C12H20O3. The summed E-state index contributed by atoms with van der Waals surface area (Å²) in [5.41, 5.74) is 1.12. The van der Waals surface area contributed by atoms with Gasteiger partial charge in [-0.2, -0.15) is 0 Å². The van der Waals surface area contributed by atoms with Crippen molar-refractivity contribution in [3.8, 4) is 0 Å². The zero-order valence-electron chi connectivity index (χ0n) is 9.62. The molecule has 0 spiro atoms. The Labute approximate surface area is 91.4 Å². The van der Waals surface area contributed by atoms with Gasteiger partial charge in [0.1, 0.15) is 6.61 Å². The molecule has 0 bridgehead atoms. The van der Waals surface area contributed by atoms with E-state index in [2.05, 4.69) is 19.9 Å². The quantitative estimate of drug-likeness (QED) is 0.386. The molecule has 3 heteroatoms. The minimum Gasteiger partial charge on any atom is -0.430 e. The molecule has 0 radical (unpaired) electrons. The van der Waals surface area contributed by atoms with Crippen molar-refractivity contribution in [1.29, 1.82) is 0 Å². The second-order valence-electron chi connectivity index (χ2n) is 3.80. The van der Waals surface area contributed by atoms with Crippen LogP contribution in [0.25, 0.3) is 0 Å². The average Bonchev–Trinajstić information content (AvgIpc) is 2.64. The van der Waals surface area contributed by atoms with Crippen molar-refractivity contribution < 1.29 is 14.3 Å². The standard InChI is InChI=1S/C12H20O3/c1-3-5-6-8-10(7-4-2)12-14-9-11(13)15-12/h8,12H,3-7,9H2,1-2H3. The maximum Gasteiger partial charge on any atom is 0.334 e.